The number of piperidine rings is 1. The van der Waals surface area contributed by atoms with Crippen LogP contribution in [0.25, 0.3) is 4.13 Å². The molecule has 0 aliphatic carbocycles. The van der Waals surface area contributed by atoms with Gasteiger partial charge in [0.05, 0.1) is 20.1 Å². The fourth-order valence-corrected chi connectivity index (χ4v) is 7.23. The molecule has 1 fully saturated rings. The number of quaternary nitrogens is 1. The fraction of sp³-hybridized carbons (Fsp3) is 1.00. The van der Waals surface area contributed by atoms with Gasteiger partial charge >= 0.3 is 19.8 Å². The van der Waals surface area contributed by atoms with Gasteiger partial charge in [0, 0.05) is 27.2 Å². The van der Waals surface area contributed by atoms with Gasteiger partial charge in [0.25, 0.3) is 0 Å². The molecule has 0 spiro atoms. The predicted molar refractivity (Wildman–Crippen MR) is 113 cm³/mol. The van der Waals surface area contributed by atoms with Crippen LogP contribution in [0.4, 0.5) is 26.3 Å². The summed E-state index contributed by atoms with van der Waals surface area (Å²) in [7, 11) is -8.51. The van der Waals surface area contributed by atoms with E-state index in [4.69, 9.17) is 13.3 Å². The lowest BCUT2D eigenvalue weighted by Gasteiger charge is -2.47. The Labute approximate surface area is 197 Å². The molecule has 0 N–H and O–H groups in total. The van der Waals surface area contributed by atoms with Crippen LogP contribution in [-0.2, 0) is 33.3 Å². The molecular weight excluding hydrogens is 538 g/mol. The molecule has 206 valence electrons. The third-order valence-electron chi connectivity index (χ3n) is 5.43. The Hall–Kier alpha value is -0.503. The summed E-state index contributed by atoms with van der Waals surface area (Å²) in [6, 6.07) is 0. The average molecular weight is 571 g/mol. The molecule has 2 atom stereocenters. The Morgan fingerprint density at radius 2 is 1.26 bits per heavy atom. The second-order valence-corrected chi connectivity index (χ2v) is 15.4. The molecule has 0 amide bonds. The van der Waals surface area contributed by atoms with E-state index in [9.17, 15) is 43.2 Å². The lowest BCUT2D eigenvalue weighted by Crippen LogP contribution is -2.64. The number of hydrogen-bond donors (Lipinski definition) is 0. The first-order chi connectivity index (χ1) is 14.9. The molecule has 0 aromatic carbocycles. The molecule has 18 heteroatoms. The maximum absolute atomic E-state index is 11.4. The molecule has 1 aliphatic heterocycles. The highest BCUT2D eigenvalue weighted by Crippen LogP contribution is 2.37. The van der Waals surface area contributed by atoms with Gasteiger partial charge in [0.1, 0.15) is 6.17 Å². The molecule has 1 aliphatic rings. The average Bonchev–Trinajstić information content (AvgIpc) is 2.63. The van der Waals surface area contributed by atoms with Gasteiger partial charge in [-0.2, -0.15) is 26.3 Å². The molecule has 9 nitrogen and oxygen atoms in total. The van der Waals surface area contributed by atoms with Crippen LogP contribution in [-0.4, -0.2) is 88.8 Å². The molecule has 0 saturated carbocycles. The summed E-state index contributed by atoms with van der Waals surface area (Å²) in [6.07, 6.45) is 3.47. The Balaban J connectivity index is 0.000000661. The third-order valence-corrected chi connectivity index (χ3v) is 11.2. The molecule has 2 unspecified atom stereocenters. The molecule has 1 heterocycles. The van der Waals surface area contributed by atoms with Crippen molar-refractivity contribution in [2.75, 3.05) is 47.6 Å². The van der Waals surface area contributed by atoms with E-state index in [1.807, 2.05) is 0 Å². The van der Waals surface area contributed by atoms with Crippen LogP contribution in [0.15, 0.2) is 0 Å². The van der Waals surface area contributed by atoms with Crippen molar-refractivity contribution in [1.29, 1.82) is 0 Å². The van der Waals surface area contributed by atoms with Crippen molar-refractivity contribution in [2.45, 2.75) is 44.6 Å². The minimum Gasteiger partial charge on any atom is -0.421 e. The van der Waals surface area contributed by atoms with Crippen molar-refractivity contribution in [3.8, 4) is 0 Å². The van der Waals surface area contributed by atoms with Crippen LogP contribution in [0, 0.1) is 11.3 Å². The number of rotatable bonds is 7. The second-order valence-electron chi connectivity index (χ2n) is 9.10. The van der Waals surface area contributed by atoms with E-state index in [1.165, 1.54) is 25.9 Å². The smallest absolute Gasteiger partial charge is 0.421 e. The van der Waals surface area contributed by atoms with Crippen molar-refractivity contribution in [3.05, 3.63) is 4.13 Å². The summed E-state index contributed by atoms with van der Waals surface area (Å²) >= 11 is 0. The summed E-state index contributed by atoms with van der Waals surface area (Å²) in [5.74, 6) is 0.753. The Morgan fingerprint density at radius 3 is 1.56 bits per heavy atom. The van der Waals surface area contributed by atoms with Crippen LogP contribution < -0.4 is 0 Å². The van der Waals surface area contributed by atoms with Crippen LogP contribution in [0.1, 0.15) is 33.6 Å². The zero-order valence-corrected chi connectivity index (χ0v) is 22.6. The predicted octanol–water partition coefficient (Wildman–Crippen LogP) is 3.37. The van der Waals surface area contributed by atoms with E-state index < -0.39 is 39.9 Å². The van der Waals surface area contributed by atoms with Gasteiger partial charge in [-0.1, -0.05) is 20.8 Å². The lowest BCUT2D eigenvalue weighted by atomic mass is 9.76. The number of likely N-dealkylation sites (tertiary alicyclic amines) is 1. The summed E-state index contributed by atoms with van der Waals surface area (Å²) in [5.41, 5.74) is -12.0. The maximum atomic E-state index is 11.4. The summed E-state index contributed by atoms with van der Waals surface area (Å²) in [4.78, 5) is 0. The standard InChI is InChI=1S/C14H32NO3Si.C2F6NO4S2/c1-14(2,3)13-9-8-10-15(4,11-13)12-19(16-5,17-6)18-7;3-1(4,5)14(10,11)9-15(12,13)2(6,7)8/h13H,8-12H2,1-7H3;/q+1;-1. The zero-order valence-electron chi connectivity index (χ0n) is 19.9. The summed E-state index contributed by atoms with van der Waals surface area (Å²) < 4.78 is 127. The van der Waals surface area contributed by atoms with Crippen molar-refractivity contribution >= 4 is 28.9 Å². The number of hydrogen-bond acceptors (Lipinski definition) is 7. The Morgan fingerprint density at radius 1 is 0.882 bits per heavy atom. The number of alkyl halides is 6. The molecule has 1 saturated heterocycles. The van der Waals surface area contributed by atoms with Crippen LogP contribution in [0.2, 0.25) is 0 Å². The minimum absolute atomic E-state index is 0.372. The van der Waals surface area contributed by atoms with Crippen LogP contribution >= 0.6 is 0 Å². The molecule has 0 aromatic rings. The topological polar surface area (TPSA) is 110 Å². The van der Waals surface area contributed by atoms with Gasteiger partial charge in [-0.3, -0.25) is 0 Å². The van der Waals surface area contributed by atoms with Crippen LogP contribution in [0.3, 0.4) is 0 Å². The number of nitrogens with zero attached hydrogens (tertiary/aromatic N) is 2. The fourth-order valence-electron chi connectivity index (χ4n) is 3.41. The molecule has 34 heavy (non-hydrogen) atoms. The second kappa shape index (κ2) is 11.3. The normalized spacial score (nSPS) is 23.3. The molecule has 0 aromatic heterocycles. The first kappa shape index (κ1) is 33.5. The van der Waals surface area contributed by atoms with E-state index in [2.05, 4.69) is 27.8 Å². The first-order valence-corrected chi connectivity index (χ1v) is 14.6. The number of sulfonamides is 2. The zero-order chi connectivity index (χ0) is 27.4. The Bertz CT molecular complexity index is 821. The molecule has 0 bridgehead atoms. The van der Waals surface area contributed by atoms with Gasteiger partial charge in [-0.25, -0.2) is 16.8 Å². The van der Waals surface area contributed by atoms with Gasteiger partial charge in [-0.15, -0.1) is 0 Å². The SMILES string of the molecule is CO[Si](C[N+]1(C)CCCC(C(C)(C)C)C1)(OC)OC.O=S(=O)([N-]S(=O)(=O)C(F)(F)F)C(F)(F)F. The first-order valence-electron chi connectivity index (χ1n) is 9.77. The Kier molecular flexibility index (Phi) is 11.1. The van der Waals surface area contributed by atoms with E-state index in [0.717, 1.165) is 20.7 Å². The van der Waals surface area contributed by atoms with E-state index in [1.54, 1.807) is 21.3 Å². The quantitative estimate of drug-likeness (QED) is 0.262. The summed E-state index contributed by atoms with van der Waals surface area (Å²) in [5, 5.41) is 0. The van der Waals surface area contributed by atoms with Crippen molar-refractivity contribution in [2.24, 2.45) is 11.3 Å². The molecule has 1 rings (SSSR count). The van der Waals surface area contributed by atoms with E-state index >= 15 is 0 Å². The van der Waals surface area contributed by atoms with E-state index in [0.29, 0.717) is 5.41 Å². The van der Waals surface area contributed by atoms with Gasteiger partial charge < -0.3 is 21.9 Å². The van der Waals surface area contributed by atoms with Gasteiger partial charge in [-0.05, 0) is 18.3 Å². The highest BCUT2D eigenvalue weighted by Gasteiger charge is 2.50. The highest BCUT2D eigenvalue weighted by molar-refractivity contribution is 8.13. The maximum Gasteiger partial charge on any atom is 0.558 e. The highest BCUT2D eigenvalue weighted by atomic mass is 32.3. The number of halogens is 6. The van der Waals surface area contributed by atoms with Gasteiger partial charge in [0.2, 0.25) is 0 Å². The van der Waals surface area contributed by atoms with E-state index in [-0.39, 0.29) is 0 Å². The summed E-state index contributed by atoms with van der Waals surface area (Å²) in [6.45, 7) is 9.43. The van der Waals surface area contributed by atoms with Crippen LogP contribution in [0.5, 0.6) is 0 Å². The molecule has 0 radical (unpaired) electrons. The minimum atomic E-state index is -6.72. The molecular formula is C16H32F6N2O7S2Si. The van der Waals surface area contributed by atoms with Crippen molar-refractivity contribution < 1.29 is 60.9 Å². The van der Waals surface area contributed by atoms with Gasteiger partial charge in [0.15, 0.2) is 20.0 Å². The largest absolute Gasteiger partial charge is 0.558 e. The monoisotopic (exact) mass is 570 g/mol. The lowest BCUT2D eigenvalue weighted by molar-refractivity contribution is -0.911. The third kappa shape index (κ3) is 9.18. The van der Waals surface area contributed by atoms with Crippen molar-refractivity contribution in [1.82, 2.24) is 0 Å². The van der Waals surface area contributed by atoms with Crippen molar-refractivity contribution in [3.63, 3.8) is 0 Å².